The lowest BCUT2D eigenvalue weighted by Crippen LogP contribution is -2.23. The molecule has 1 aliphatic rings. The topological polar surface area (TPSA) is 90.6 Å². The lowest BCUT2D eigenvalue weighted by molar-refractivity contribution is 0.0950. The van der Waals surface area contributed by atoms with E-state index in [1.807, 2.05) is 11.4 Å². The zero-order valence-corrected chi connectivity index (χ0v) is 12.5. The van der Waals surface area contributed by atoms with Crippen molar-refractivity contribution in [3.05, 3.63) is 38.2 Å². The summed E-state index contributed by atoms with van der Waals surface area (Å²) in [6.07, 6.45) is 6.37. The predicted octanol–water partition coefficient (Wildman–Crippen LogP) is 2.14. The van der Waals surface area contributed by atoms with E-state index >= 15 is 0 Å². The van der Waals surface area contributed by atoms with Crippen molar-refractivity contribution in [2.45, 2.75) is 44.6 Å². The second-order valence-electron chi connectivity index (χ2n) is 5.38. The van der Waals surface area contributed by atoms with Crippen LogP contribution >= 0.6 is 11.3 Å². The number of hydrogen-bond acceptors (Lipinski definition) is 4. The molecule has 0 atom stereocenters. The lowest BCUT2D eigenvalue weighted by atomic mass is 9.88. The first-order chi connectivity index (χ1) is 10.2. The highest BCUT2D eigenvalue weighted by atomic mass is 32.1. The molecular formula is C14H18N4O2S. The Morgan fingerprint density at radius 2 is 2.19 bits per heavy atom. The van der Waals surface area contributed by atoms with Gasteiger partial charge in [0.05, 0.1) is 12.1 Å². The van der Waals surface area contributed by atoms with Crippen LogP contribution in [0.25, 0.3) is 0 Å². The molecule has 3 N–H and O–H groups in total. The van der Waals surface area contributed by atoms with E-state index in [1.165, 1.54) is 37.0 Å². The van der Waals surface area contributed by atoms with Crippen molar-refractivity contribution < 1.29 is 4.79 Å². The molecule has 2 aromatic heterocycles. The smallest absolute Gasteiger partial charge is 0.340 e. The molecule has 0 aliphatic heterocycles. The summed E-state index contributed by atoms with van der Waals surface area (Å²) in [5, 5.41) is 10.7. The number of carbonyl (C=O) groups excluding carboxylic acids is 1. The number of carbonyl (C=O) groups is 1. The first-order valence-electron chi connectivity index (χ1n) is 7.22. The van der Waals surface area contributed by atoms with Gasteiger partial charge in [0, 0.05) is 10.3 Å². The quantitative estimate of drug-likeness (QED) is 0.808. The van der Waals surface area contributed by atoms with Gasteiger partial charge in [-0.05, 0) is 24.8 Å². The minimum atomic E-state index is -0.366. The van der Waals surface area contributed by atoms with Gasteiger partial charge in [0.25, 0.3) is 5.91 Å². The van der Waals surface area contributed by atoms with E-state index in [1.54, 1.807) is 11.3 Å². The van der Waals surface area contributed by atoms with Crippen molar-refractivity contribution in [3.8, 4) is 0 Å². The van der Waals surface area contributed by atoms with E-state index in [0.717, 1.165) is 0 Å². The Morgan fingerprint density at radius 3 is 2.90 bits per heavy atom. The molecule has 1 aliphatic carbocycles. The van der Waals surface area contributed by atoms with Crippen LogP contribution in [0.3, 0.4) is 0 Å². The molecule has 0 saturated heterocycles. The Kier molecular flexibility index (Phi) is 4.19. The van der Waals surface area contributed by atoms with Gasteiger partial charge in [-0.25, -0.2) is 9.89 Å². The van der Waals surface area contributed by atoms with Crippen LogP contribution in [0, 0.1) is 0 Å². The average Bonchev–Trinajstić information content (AvgIpc) is 3.15. The summed E-state index contributed by atoms with van der Waals surface area (Å²) in [4.78, 5) is 26.8. The maximum absolute atomic E-state index is 12.1. The van der Waals surface area contributed by atoms with E-state index in [4.69, 9.17) is 0 Å². The first-order valence-corrected chi connectivity index (χ1v) is 8.10. The zero-order valence-electron chi connectivity index (χ0n) is 11.6. The van der Waals surface area contributed by atoms with E-state index < -0.39 is 0 Å². The summed E-state index contributed by atoms with van der Waals surface area (Å²) in [6.45, 7) is 0.214. The molecule has 1 amide bonds. The predicted molar refractivity (Wildman–Crippen MR) is 80.5 cm³/mol. The highest BCUT2D eigenvalue weighted by Gasteiger charge is 2.18. The molecule has 1 saturated carbocycles. The van der Waals surface area contributed by atoms with Crippen LogP contribution in [-0.2, 0) is 6.54 Å². The molecule has 3 rings (SSSR count). The van der Waals surface area contributed by atoms with Gasteiger partial charge >= 0.3 is 5.69 Å². The number of nitrogens with one attached hydrogen (secondary N) is 3. The fourth-order valence-electron chi connectivity index (χ4n) is 2.73. The molecule has 0 bridgehead atoms. The van der Waals surface area contributed by atoms with E-state index in [0.29, 0.717) is 17.3 Å². The number of amides is 1. The fraction of sp³-hybridized carbons (Fsp3) is 0.500. The van der Waals surface area contributed by atoms with Crippen LogP contribution in [0.15, 0.2) is 16.2 Å². The largest absolute Gasteiger partial charge is 0.345 e. The van der Waals surface area contributed by atoms with Crippen molar-refractivity contribution in [3.63, 3.8) is 0 Å². The number of aromatic nitrogens is 3. The summed E-state index contributed by atoms with van der Waals surface area (Å²) in [6, 6.07) is 2.00. The Balaban J connectivity index is 1.59. The Hall–Kier alpha value is -1.89. The van der Waals surface area contributed by atoms with Crippen LogP contribution in [-0.4, -0.2) is 21.1 Å². The van der Waals surface area contributed by atoms with Crippen LogP contribution in [0.2, 0.25) is 0 Å². The van der Waals surface area contributed by atoms with Gasteiger partial charge in [-0.1, -0.05) is 19.3 Å². The van der Waals surface area contributed by atoms with Gasteiger partial charge in [0.15, 0.2) is 0 Å². The molecule has 0 spiro atoms. The van der Waals surface area contributed by atoms with Gasteiger partial charge in [0.1, 0.15) is 5.82 Å². The number of hydrogen-bond donors (Lipinski definition) is 3. The molecule has 0 aromatic carbocycles. The third kappa shape index (κ3) is 3.41. The Bertz CT molecular complexity index is 666. The minimum Gasteiger partial charge on any atom is -0.345 e. The Morgan fingerprint density at radius 1 is 1.38 bits per heavy atom. The van der Waals surface area contributed by atoms with E-state index in [9.17, 15) is 9.59 Å². The van der Waals surface area contributed by atoms with Crippen LogP contribution in [0.1, 0.15) is 59.1 Å². The standard InChI is InChI=1S/C14H18N4O2S/c19-13(15-7-12-16-14(20)18-17-12)10-6-11(21-8-10)9-4-2-1-3-5-9/h6,8-9H,1-5,7H2,(H,15,19)(H2,16,17,18,20). The Labute approximate surface area is 126 Å². The number of H-pyrrole nitrogens is 2. The lowest BCUT2D eigenvalue weighted by Gasteiger charge is -2.19. The molecule has 7 heteroatoms. The highest BCUT2D eigenvalue weighted by molar-refractivity contribution is 7.10. The first kappa shape index (κ1) is 14.1. The normalized spacial score (nSPS) is 16.0. The fourth-order valence-corrected chi connectivity index (χ4v) is 3.79. The number of nitrogens with zero attached hydrogens (tertiary/aromatic N) is 1. The van der Waals surface area contributed by atoms with E-state index in [2.05, 4.69) is 20.5 Å². The molecule has 6 nitrogen and oxygen atoms in total. The number of thiophene rings is 1. The van der Waals surface area contributed by atoms with Gasteiger partial charge in [0.2, 0.25) is 0 Å². The molecule has 2 aromatic rings. The summed E-state index contributed by atoms with van der Waals surface area (Å²) < 4.78 is 0. The molecular weight excluding hydrogens is 288 g/mol. The highest BCUT2D eigenvalue weighted by Crippen LogP contribution is 2.35. The second-order valence-corrected chi connectivity index (χ2v) is 6.32. The van der Waals surface area contributed by atoms with Crippen LogP contribution < -0.4 is 11.0 Å². The van der Waals surface area contributed by atoms with Gasteiger partial charge < -0.3 is 5.32 Å². The molecule has 1 fully saturated rings. The number of aromatic amines is 2. The molecule has 112 valence electrons. The van der Waals surface area contributed by atoms with Gasteiger partial charge in [-0.2, -0.15) is 5.10 Å². The third-order valence-corrected chi connectivity index (χ3v) is 4.95. The van der Waals surface area contributed by atoms with Crippen molar-refractivity contribution in [2.24, 2.45) is 0 Å². The number of rotatable bonds is 4. The van der Waals surface area contributed by atoms with Crippen molar-refractivity contribution in [1.29, 1.82) is 0 Å². The monoisotopic (exact) mass is 306 g/mol. The summed E-state index contributed by atoms with van der Waals surface area (Å²) in [5.41, 5.74) is 0.327. The van der Waals surface area contributed by atoms with E-state index in [-0.39, 0.29) is 18.1 Å². The molecule has 2 heterocycles. The molecule has 0 unspecified atom stereocenters. The summed E-state index contributed by atoms with van der Waals surface area (Å²) >= 11 is 1.67. The summed E-state index contributed by atoms with van der Waals surface area (Å²) in [7, 11) is 0. The van der Waals surface area contributed by atoms with Crippen molar-refractivity contribution in [2.75, 3.05) is 0 Å². The van der Waals surface area contributed by atoms with Crippen LogP contribution in [0.5, 0.6) is 0 Å². The SMILES string of the molecule is O=C(NCc1n[nH]c(=O)[nH]1)c1csc(C2CCCCC2)c1. The van der Waals surface area contributed by atoms with Gasteiger partial charge in [-0.3, -0.25) is 9.78 Å². The van der Waals surface area contributed by atoms with Gasteiger partial charge in [-0.15, -0.1) is 11.3 Å². The maximum Gasteiger partial charge on any atom is 0.340 e. The third-order valence-electron chi connectivity index (χ3n) is 3.86. The second kappa shape index (κ2) is 6.26. The van der Waals surface area contributed by atoms with Crippen molar-refractivity contribution in [1.82, 2.24) is 20.5 Å². The molecule has 21 heavy (non-hydrogen) atoms. The zero-order chi connectivity index (χ0) is 14.7. The van der Waals surface area contributed by atoms with Crippen LogP contribution in [0.4, 0.5) is 0 Å². The van der Waals surface area contributed by atoms with Crippen molar-refractivity contribution >= 4 is 17.2 Å². The average molecular weight is 306 g/mol. The minimum absolute atomic E-state index is 0.128. The maximum atomic E-state index is 12.1. The molecule has 0 radical (unpaired) electrons. The summed E-state index contributed by atoms with van der Waals surface area (Å²) in [5.74, 6) is 0.918.